The van der Waals surface area contributed by atoms with E-state index in [1.807, 2.05) is 16.8 Å². The zero-order valence-corrected chi connectivity index (χ0v) is 11.6. The molecule has 0 radical (unpaired) electrons. The zero-order valence-electron chi connectivity index (χ0n) is 11.6. The molecule has 2 aliphatic carbocycles. The molecular weight excluding hydrogens is 270 g/mol. The van der Waals surface area contributed by atoms with Crippen LogP contribution >= 0.6 is 0 Å². The van der Waals surface area contributed by atoms with E-state index in [-0.39, 0.29) is 5.76 Å². The van der Waals surface area contributed by atoms with Gasteiger partial charge < -0.3 is 14.8 Å². The Labute approximate surface area is 121 Å². The number of aliphatic carboxylic acids is 1. The van der Waals surface area contributed by atoms with E-state index in [0.717, 1.165) is 31.2 Å². The van der Waals surface area contributed by atoms with Gasteiger partial charge in [-0.15, -0.1) is 0 Å². The van der Waals surface area contributed by atoms with Crippen molar-refractivity contribution in [3.8, 4) is 0 Å². The average molecular weight is 287 g/mol. The van der Waals surface area contributed by atoms with Crippen molar-refractivity contribution >= 4 is 17.5 Å². The molecule has 21 heavy (non-hydrogen) atoms. The number of carboxylic acid groups (broad SMARTS) is 1. The Bertz CT molecular complexity index is 687. The lowest BCUT2D eigenvalue weighted by molar-refractivity contribution is -0.136. The minimum atomic E-state index is -1.33. The molecule has 0 bridgehead atoms. The number of hydrogen-bond acceptors (Lipinski definition) is 3. The summed E-state index contributed by atoms with van der Waals surface area (Å²) < 4.78 is 1.86. The first-order valence-electron chi connectivity index (χ1n) is 7.49. The summed E-state index contributed by atoms with van der Waals surface area (Å²) in [5.74, 6) is -1.64. The molecule has 110 valence electrons. The van der Waals surface area contributed by atoms with E-state index >= 15 is 0 Å². The number of aromatic nitrogens is 1. The molecule has 3 aliphatic rings. The van der Waals surface area contributed by atoms with Gasteiger partial charge in [0.2, 0.25) is 0 Å². The van der Waals surface area contributed by atoms with Crippen molar-refractivity contribution in [2.75, 3.05) is 0 Å². The second kappa shape index (κ2) is 4.00. The third-order valence-corrected chi connectivity index (χ3v) is 5.12. The van der Waals surface area contributed by atoms with Gasteiger partial charge in [-0.1, -0.05) is 12.8 Å². The van der Waals surface area contributed by atoms with Gasteiger partial charge in [0, 0.05) is 6.20 Å². The molecule has 5 nitrogen and oxygen atoms in total. The highest BCUT2D eigenvalue weighted by Gasteiger charge is 2.51. The van der Waals surface area contributed by atoms with Gasteiger partial charge in [0.1, 0.15) is 11.1 Å². The van der Waals surface area contributed by atoms with Crippen LogP contribution in [0.3, 0.4) is 0 Å². The van der Waals surface area contributed by atoms with E-state index in [4.69, 9.17) is 0 Å². The summed E-state index contributed by atoms with van der Waals surface area (Å²) in [7, 11) is 0. The number of carbonyl (C=O) groups excluding carboxylic acids is 1. The van der Waals surface area contributed by atoms with Crippen LogP contribution in [0.4, 0.5) is 0 Å². The predicted molar refractivity (Wildman–Crippen MR) is 75.0 cm³/mol. The summed E-state index contributed by atoms with van der Waals surface area (Å²) in [4.78, 5) is 24.2. The average Bonchev–Trinajstić information content (AvgIpc) is 3.01. The Morgan fingerprint density at radius 2 is 1.95 bits per heavy atom. The highest BCUT2D eigenvalue weighted by molar-refractivity contribution is 6.24. The highest BCUT2D eigenvalue weighted by atomic mass is 16.4. The Balaban J connectivity index is 1.97. The minimum absolute atomic E-state index is 0.378. The number of aliphatic hydroxyl groups excluding tert-OH is 1. The number of nitrogens with zero attached hydrogens (tertiary/aromatic N) is 1. The fraction of sp³-hybridized carbons (Fsp3) is 0.500. The Hall–Kier alpha value is -2.04. The number of carbonyl (C=O) groups is 2. The molecule has 2 fully saturated rings. The quantitative estimate of drug-likeness (QED) is 0.819. The SMILES string of the molecule is O=C(O)C1=C(O)c2cc(C3CC3)cn2C2(CCCC2)C1=O. The van der Waals surface area contributed by atoms with E-state index in [0.29, 0.717) is 24.5 Å². The normalized spacial score (nSPS) is 23.7. The van der Waals surface area contributed by atoms with E-state index in [1.54, 1.807) is 0 Å². The van der Waals surface area contributed by atoms with Crippen LogP contribution in [0.1, 0.15) is 55.7 Å². The van der Waals surface area contributed by atoms with Crippen LogP contribution < -0.4 is 0 Å². The monoisotopic (exact) mass is 287 g/mol. The van der Waals surface area contributed by atoms with Crippen LogP contribution in [0.2, 0.25) is 0 Å². The van der Waals surface area contributed by atoms with Gasteiger partial charge in [-0.2, -0.15) is 0 Å². The first-order valence-corrected chi connectivity index (χ1v) is 7.49. The maximum atomic E-state index is 12.7. The first kappa shape index (κ1) is 12.7. The molecule has 1 spiro atoms. The van der Waals surface area contributed by atoms with Crippen molar-refractivity contribution in [3.63, 3.8) is 0 Å². The molecule has 0 atom stereocenters. The van der Waals surface area contributed by atoms with Gasteiger partial charge in [0.05, 0.1) is 5.69 Å². The lowest BCUT2D eigenvalue weighted by atomic mass is 9.83. The van der Waals surface area contributed by atoms with E-state index in [2.05, 4.69) is 0 Å². The molecule has 1 aromatic heterocycles. The summed E-state index contributed by atoms with van der Waals surface area (Å²) in [6, 6.07) is 1.86. The van der Waals surface area contributed by atoms with Crippen LogP contribution in [0.25, 0.3) is 5.76 Å². The Kier molecular flexibility index (Phi) is 2.41. The molecule has 2 saturated carbocycles. The van der Waals surface area contributed by atoms with Gasteiger partial charge in [-0.25, -0.2) is 4.79 Å². The maximum Gasteiger partial charge on any atom is 0.343 e. The van der Waals surface area contributed by atoms with Crippen molar-refractivity contribution in [2.24, 2.45) is 0 Å². The molecule has 1 aromatic rings. The fourth-order valence-electron chi connectivity index (χ4n) is 3.86. The van der Waals surface area contributed by atoms with E-state index in [9.17, 15) is 19.8 Å². The van der Waals surface area contributed by atoms with Crippen molar-refractivity contribution in [1.29, 1.82) is 0 Å². The second-order valence-electron chi connectivity index (χ2n) is 6.40. The summed E-state index contributed by atoms with van der Waals surface area (Å²) >= 11 is 0. The van der Waals surface area contributed by atoms with Crippen LogP contribution in [0.15, 0.2) is 17.8 Å². The van der Waals surface area contributed by atoms with E-state index in [1.165, 1.54) is 0 Å². The van der Waals surface area contributed by atoms with Gasteiger partial charge in [0.25, 0.3) is 0 Å². The van der Waals surface area contributed by atoms with Crippen LogP contribution in [0.5, 0.6) is 0 Å². The summed E-state index contributed by atoms with van der Waals surface area (Å²) in [5.41, 5.74) is 0.380. The Morgan fingerprint density at radius 1 is 1.29 bits per heavy atom. The molecule has 0 amide bonds. The lowest BCUT2D eigenvalue weighted by Crippen LogP contribution is -2.45. The predicted octanol–water partition coefficient (Wildman–Crippen LogP) is 2.57. The van der Waals surface area contributed by atoms with Crippen LogP contribution in [-0.4, -0.2) is 26.5 Å². The van der Waals surface area contributed by atoms with Gasteiger partial charge in [-0.05, 0) is 43.2 Å². The molecule has 5 heteroatoms. The topological polar surface area (TPSA) is 79.5 Å². The molecule has 1 aliphatic heterocycles. The first-order chi connectivity index (χ1) is 10.0. The summed E-state index contributed by atoms with van der Waals surface area (Å²) in [6.07, 6.45) is 7.35. The number of carboxylic acids is 1. The lowest BCUT2D eigenvalue weighted by Gasteiger charge is -2.35. The number of hydrogen-bond donors (Lipinski definition) is 2. The molecule has 0 saturated heterocycles. The van der Waals surface area contributed by atoms with Crippen molar-refractivity contribution < 1.29 is 19.8 Å². The van der Waals surface area contributed by atoms with Crippen LogP contribution in [-0.2, 0) is 15.1 Å². The fourth-order valence-corrected chi connectivity index (χ4v) is 3.86. The summed E-state index contributed by atoms with van der Waals surface area (Å²) in [6.45, 7) is 0. The van der Waals surface area contributed by atoms with Crippen LogP contribution in [0, 0.1) is 0 Å². The minimum Gasteiger partial charge on any atom is -0.505 e. The molecule has 0 unspecified atom stereocenters. The maximum absolute atomic E-state index is 12.7. The zero-order chi connectivity index (χ0) is 14.8. The van der Waals surface area contributed by atoms with Gasteiger partial charge >= 0.3 is 5.97 Å². The third kappa shape index (κ3) is 1.57. The number of fused-ring (bicyclic) bond motifs is 2. The van der Waals surface area contributed by atoms with Crippen molar-refractivity contribution in [2.45, 2.75) is 50.0 Å². The third-order valence-electron chi connectivity index (χ3n) is 5.12. The van der Waals surface area contributed by atoms with Gasteiger partial charge in [-0.3, -0.25) is 4.79 Å². The molecule has 4 rings (SSSR count). The number of rotatable bonds is 2. The van der Waals surface area contributed by atoms with Gasteiger partial charge in [0.15, 0.2) is 11.5 Å². The van der Waals surface area contributed by atoms with Crippen molar-refractivity contribution in [3.05, 3.63) is 29.1 Å². The number of Topliss-reactive ketones (excluding diaryl/α,β-unsaturated/α-hetero) is 1. The molecule has 2 heterocycles. The molecule has 2 N–H and O–H groups in total. The number of aliphatic hydroxyl groups is 1. The number of ketones is 1. The standard InChI is InChI=1S/C16H17NO4/c18-13-11-7-10(9-3-4-9)8-17(11)16(5-1-2-6-16)14(19)12(13)15(20)21/h7-9,18H,1-6H2,(H,20,21). The summed E-state index contributed by atoms with van der Waals surface area (Å²) in [5, 5.41) is 19.6. The molecular formula is C16H17NO4. The smallest absolute Gasteiger partial charge is 0.343 e. The van der Waals surface area contributed by atoms with Crippen molar-refractivity contribution in [1.82, 2.24) is 4.57 Å². The Morgan fingerprint density at radius 3 is 2.52 bits per heavy atom. The molecule has 0 aromatic carbocycles. The van der Waals surface area contributed by atoms with E-state index < -0.39 is 22.9 Å². The second-order valence-corrected chi connectivity index (χ2v) is 6.40. The largest absolute Gasteiger partial charge is 0.505 e. The highest BCUT2D eigenvalue weighted by Crippen LogP contribution is 2.48.